The fraction of sp³-hybridized carbons (Fsp3) is 0.769. The lowest BCUT2D eigenvalue weighted by Gasteiger charge is -2.35. The van der Waals surface area contributed by atoms with Crippen LogP contribution in [-0.4, -0.2) is 54.6 Å². The summed E-state index contributed by atoms with van der Waals surface area (Å²) in [5.74, 6) is -0.306. The largest absolute Gasteiger partial charge is 0.467 e. The van der Waals surface area contributed by atoms with Gasteiger partial charge in [0.1, 0.15) is 6.04 Å². The minimum atomic E-state index is -0.462. The topological polar surface area (TPSA) is 123 Å². The normalized spacial score (nSPS) is 28.1. The maximum atomic E-state index is 12.5. The molecule has 2 saturated heterocycles. The van der Waals surface area contributed by atoms with E-state index >= 15 is 0 Å². The van der Waals surface area contributed by atoms with Crippen molar-refractivity contribution >= 4 is 17.8 Å². The highest BCUT2D eigenvalue weighted by atomic mass is 16.5. The average Bonchev–Trinajstić information content (AvgIpc) is 2.79. The van der Waals surface area contributed by atoms with E-state index in [-0.39, 0.29) is 30.0 Å². The molecule has 2 aliphatic heterocycles. The van der Waals surface area contributed by atoms with Crippen LogP contribution in [-0.2, 0) is 14.3 Å². The van der Waals surface area contributed by atoms with Crippen molar-refractivity contribution in [2.45, 2.75) is 50.4 Å². The predicted molar refractivity (Wildman–Crippen MR) is 77.1 cm³/mol. The maximum Gasteiger partial charge on any atom is 0.328 e. The minimum Gasteiger partial charge on any atom is -0.467 e. The SMILES string of the molecule is COC(=O)[C@@H]1CCC[C@H]2N[C@@H](CCCN=C(N)N)C(=O)N21. The summed E-state index contributed by atoms with van der Waals surface area (Å²) in [6.07, 6.45) is 3.73. The maximum absolute atomic E-state index is 12.5. The molecule has 1 amide bonds. The average molecular weight is 297 g/mol. The Bertz CT molecular complexity index is 436. The fourth-order valence-corrected chi connectivity index (χ4v) is 3.03. The van der Waals surface area contributed by atoms with Crippen LogP contribution in [0.4, 0.5) is 0 Å². The number of hydrogen-bond acceptors (Lipinski definition) is 5. The van der Waals surface area contributed by atoms with Gasteiger partial charge < -0.3 is 21.1 Å². The Morgan fingerprint density at radius 2 is 2.24 bits per heavy atom. The number of fused-ring (bicyclic) bond motifs is 1. The van der Waals surface area contributed by atoms with E-state index in [4.69, 9.17) is 16.2 Å². The van der Waals surface area contributed by atoms with Gasteiger partial charge >= 0.3 is 5.97 Å². The number of hydrogen-bond donors (Lipinski definition) is 3. The molecule has 3 atom stereocenters. The minimum absolute atomic E-state index is 0.0280. The fourth-order valence-electron chi connectivity index (χ4n) is 3.03. The summed E-state index contributed by atoms with van der Waals surface area (Å²) in [6, 6.07) is -0.731. The summed E-state index contributed by atoms with van der Waals surface area (Å²) in [7, 11) is 1.35. The van der Waals surface area contributed by atoms with Crippen LogP contribution in [0.15, 0.2) is 4.99 Å². The van der Waals surface area contributed by atoms with E-state index in [1.54, 1.807) is 4.90 Å². The van der Waals surface area contributed by atoms with Crippen molar-refractivity contribution in [3.05, 3.63) is 0 Å². The van der Waals surface area contributed by atoms with Crippen LogP contribution in [0.3, 0.4) is 0 Å². The highest BCUT2D eigenvalue weighted by molar-refractivity contribution is 5.89. The lowest BCUT2D eigenvalue weighted by atomic mass is 10.0. The number of guanidine groups is 1. The van der Waals surface area contributed by atoms with Gasteiger partial charge in [-0.2, -0.15) is 0 Å². The van der Waals surface area contributed by atoms with Gasteiger partial charge in [0.25, 0.3) is 0 Å². The third kappa shape index (κ3) is 3.44. The first-order valence-corrected chi connectivity index (χ1v) is 7.26. The summed E-state index contributed by atoms with van der Waals surface area (Å²) in [4.78, 5) is 29.8. The second-order valence-electron chi connectivity index (χ2n) is 5.40. The molecule has 0 unspecified atom stereocenters. The summed E-state index contributed by atoms with van der Waals surface area (Å²) in [5, 5.41) is 3.30. The first kappa shape index (κ1) is 15.6. The molecular weight excluding hydrogens is 274 g/mol. The zero-order valence-corrected chi connectivity index (χ0v) is 12.2. The van der Waals surface area contributed by atoms with Crippen LogP contribution in [0, 0.1) is 0 Å². The third-order valence-electron chi connectivity index (χ3n) is 3.99. The predicted octanol–water partition coefficient (Wildman–Crippen LogP) is -1.11. The van der Waals surface area contributed by atoms with Gasteiger partial charge in [-0.05, 0) is 32.1 Å². The number of methoxy groups -OCH3 is 1. The summed E-state index contributed by atoms with van der Waals surface area (Å²) < 4.78 is 4.80. The number of carbonyl (C=O) groups excluding carboxylic acids is 2. The first-order valence-electron chi connectivity index (χ1n) is 7.26. The Morgan fingerprint density at radius 1 is 1.48 bits per heavy atom. The van der Waals surface area contributed by atoms with Crippen LogP contribution < -0.4 is 16.8 Å². The number of nitrogens with zero attached hydrogens (tertiary/aromatic N) is 2. The lowest BCUT2D eigenvalue weighted by molar-refractivity contribution is -0.154. The number of nitrogens with one attached hydrogen (secondary N) is 1. The van der Waals surface area contributed by atoms with Crippen LogP contribution in [0.5, 0.6) is 0 Å². The van der Waals surface area contributed by atoms with E-state index in [1.807, 2.05) is 0 Å². The Balaban J connectivity index is 1.95. The second kappa shape index (κ2) is 6.75. The number of ether oxygens (including phenoxy) is 1. The highest BCUT2D eigenvalue weighted by Crippen LogP contribution is 2.28. The lowest BCUT2D eigenvalue weighted by Crippen LogP contribution is -2.51. The quantitative estimate of drug-likeness (QED) is 0.256. The van der Waals surface area contributed by atoms with Gasteiger partial charge in [-0.15, -0.1) is 0 Å². The Hall–Kier alpha value is -1.83. The summed E-state index contributed by atoms with van der Waals surface area (Å²) in [5.41, 5.74) is 10.5. The number of aliphatic imine (C=N–C) groups is 1. The third-order valence-corrected chi connectivity index (χ3v) is 3.99. The van der Waals surface area contributed by atoms with Crippen LogP contribution in [0.1, 0.15) is 32.1 Å². The molecule has 0 aromatic heterocycles. The van der Waals surface area contributed by atoms with Crippen molar-refractivity contribution < 1.29 is 14.3 Å². The van der Waals surface area contributed by atoms with Gasteiger partial charge in [0.15, 0.2) is 5.96 Å². The van der Waals surface area contributed by atoms with Gasteiger partial charge in [0.2, 0.25) is 5.91 Å². The molecular formula is C13H23N5O3. The van der Waals surface area contributed by atoms with E-state index in [9.17, 15) is 9.59 Å². The molecule has 5 N–H and O–H groups in total. The van der Waals surface area contributed by atoms with Gasteiger partial charge in [0, 0.05) is 6.54 Å². The number of nitrogens with two attached hydrogens (primary N) is 2. The van der Waals surface area contributed by atoms with Gasteiger partial charge in [0.05, 0.1) is 19.3 Å². The molecule has 0 bridgehead atoms. The van der Waals surface area contributed by atoms with Crippen LogP contribution in [0.25, 0.3) is 0 Å². The van der Waals surface area contributed by atoms with Gasteiger partial charge in [-0.1, -0.05) is 0 Å². The van der Waals surface area contributed by atoms with E-state index in [2.05, 4.69) is 10.3 Å². The van der Waals surface area contributed by atoms with Crippen molar-refractivity contribution in [2.24, 2.45) is 16.5 Å². The van der Waals surface area contributed by atoms with Crippen LogP contribution >= 0.6 is 0 Å². The highest BCUT2D eigenvalue weighted by Gasteiger charge is 2.46. The molecule has 2 aliphatic rings. The zero-order chi connectivity index (χ0) is 15.4. The van der Waals surface area contributed by atoms with Gasteiger partial charge in [-0.25, -0.2) is 4.79 Å². The molecule has 21 heavy (non-hydrogen) atoms. The Labute approximate surface area is 123 Å². The molecule has 0 aromatic carbocycles. The first-order chi connectivity index (χ1) is 10.0. The van der Waals surface area contributed by atoms with E-state index in [0.29, 0.717) is 25.8 Å². The van der Waals surface area contributed by atoms with E-state index in [1.165, 1.54) is 7.11 Å². The Kier molecular flexibility index (Phi) is 5.00. The van der Waals surface area contributed by atoms with E-state index < -0.39 is 6.04 Å². The van der Waals surface area contributed by atoms with Crippen molar-refractivity contribution in [1.82, 2.24) is 10.2 Å². The van der Waals surface area contributed by atoms with Crippen LogP contribution in [0.2, 0.25) is 0 Å². The smallest absolute Gasteiger partial charge is 0.328 e. The number of esters is 1. The summed E-state index contributed by atoms with van der Waals surface area (Å²) >= 11 is 0. The van der Waals surface area contributed by atoms with E-state index in [0.717, 1.165) is 12.8 Å². The molecule has 118 valence electrons. The molecule has 8 nitrogen and oxygen atoms in total. The molecule has 8 heteroatoms. The molecule has 0 saturated carbocycles. The molecule has 2 rings (SSSR count). The molecule has 0 aromatic rings. The number of amides is 1. The zero-order valence-electron chi connectivity index (χ0n) is 12.2. The Morgan fingerprint density at radius 3 is 2.90 bits per heavy atom. The van der Waals surface area contributed by atoms with Crippen molar-refractivity contribution in [1.29, 1.82) is 0 Å². The van der Waals surface area contributed by atoms with Crippen molar-refractivity contribution in [3.8, 4) is 0 Å². The number of rotatable bonds is 5. The molecule has 0 spiro atoms. The molecule has 0 aliphatic carbocycles. The molecule has 0 radical (unpaired) electrons. The number of carbonyl (C=O) groups is 2. The monoisotopic (exact) mass is 297 g/mol. The second-order valence-corrected chi connectivity index (χ2v) is 5.40. The van der Waals surface area contributed by atoms with Gasteiger partial charge in [-0.3, -0.25) is 15.1 Å². The molecule has 2 heterocycles. The molecule has 2 fully saturated rings. The van der Waals surface area contributed by atoms with Crippen molar-refractivity contribution in [2.75, 3.05) is 13.7 Å². The standard InChI is InChI=1S/C13H23N5O3/c1-21-12(20)9-5-2-6-10-17-8(11(19)18(9)10)4-3-7-16-13(14)15/h8-10,17H,2-7H2,1H3,(H4,14,15,16)/t8-,9-,10-/m0/s1. The number of piperidine rings is 1. The summed E-state index contributed by atoms with van der Waals surface area (Å²) in [6.45, 7) is 0.499. The van der Waals surface area contributed by atoms with Crippen molar-refractivity contribution in [3.63, 3.8) is 0 Å².